The van der Waals surface area contributed by atoms with Gasteiger partial charge in [-0.2, -0.15) is 12.7 Å². The standard InChI is InChI=1S/C26H38ClN5O6S/c1-17-10-11-19-18(22(17)27)15-20(31(19)6)23(34)29-26(12-7-9-21(33)28-5)13-8-14-32(16-26)39(36,37)30-24(35)38-25(2,3)4/h10-11,15H,7-9,12-14,16H2,1-6H3,(H,28,33)(H,29,34)(H,30,35). The number of nitrogens with zero attached hydrogens (tertiary/aromatic N) is 2. The third-order valence-electron chi connectivity index (χ3n) is 6.80. The maximum absolute atomic E-state index is 13.6. The summed E-state index contributed by atoms with van der Waals surface area (Å²) in [6, 6.07) is 5.50. The van der Waals surface area contributed by atoms with E-state index in [1.54, 1.807) is 45.5 Å². The molecule has 216 valence electrons. The molecule has 1 aromatic heterocycles. The number of hydrogen-bond donors (Lipinski definition) is 3. The van der Waals surface area contributed by atoms with Crippen molar-refractivity contribution in [2.45, 2.75) is 70.9 Å². The molecule has 39 heavy (non-hydrogen) atoms. The monoisotopic (exact) mass is 583 g/mol. The first-order valence-corrected chi connectivity index (χ1v) is 14.7. The van der Waals surface area contributed by atoms with Crippen LogP contribution in [0.3, 0.4) is 0 Å². The summed E-state index contributed by atoms with van der Waals surface area (Å²) in [5.74, 6) is -0.538. The smallest absolute Gasteiger partial charge is 0.422 e. The van der Waals surface area contributed by atoms with Crippen molar-refractivity contribution in [3.8, 4) is 0 Å². The first-order valence-electron chi connectivity index (χ1n) is 12.9. The Morgan fingerprint density at radius 1 is 1.21 bits per heavy atom. The Balaban J connectivity index is 1.89. The molecule has 0 spiro atoms. The van der Waals surface area contributed by atoms with Gasteiger partial charge < -0.3 is 19.9 Å². The fourth-order valence-electron chi connectivity index (χ4n) is 4.85. The zero-order valence-electron chi connectivity index (χ0n) is 23.3. The average Bonchev–Trinajstić information content (AvgIpc) is 3.17. The summed E-state index contributed by atoms with van der Waals surface area (Å²) < 4.78 is 36.2. The minimum absolute atomic E-state index is 0.0750. The number of rotatable bonds is 8. The van der Waals surface area contributed by atoms with Crippen LogP contribution in [0.15, 0.2) is 18.2 Å². The zero-order chi connectivity index (χ0) is 29.2. The quantitative estimate of drug-likeness (QED) is 0.435. The summed E-state index contributed by atoms with van der Waals surface area (Å²) in [4.78, 5) is 37.7. The minimum Gasteiger partial charge on any atom is -0.443 e. The molecule has 2 heterocycles. The third-order valence-corrected chi connectivity index (χ3v) is 8.71. The molecule has 0 saturated carbocycles. The van der Waals surface area contributed by atoms with Gasteiger partial charge in [0.05, 0.1) is 10.6 Å². The fraction of sp³-hybridized carbons (Fsp3) is 0.577. The lowest BCUT2D eigenvalue weighted by Crippen LogP contribution is -2.61. The lowest BCUT2D eigenvalue weighted by Gasteiger charge is -2.42. The fourth-order valence-corrected chi connectivity index (χ4v) is 6.23. The molecule has 1 fully saturated rings. The molecule has 1 aromatic carbocycles. The SMILES string of the molecule is CNC(=O)CCCC1(NC(=O)c2cc3c(Cl)c(C)ccc3n2C)CCCN(S(=O)(=O)NC(=O)OC(C)(C)C)C1. The highest BCUT2D eigenvalue weighted by Crippen LogP contribution is 2.32. The van der Waals surface area contributed by atoms with E-state index in [9.17, 15) is 22.8 Å². The Labute approximate surface area is 234 Å². The minimum atomic E-state index is -4.26. The molecule has 11 nitrogen and oxygen atoms in total. The van der Waals surface area contributed by atoms with Gasteiger partial charge in [-0.15, -0.1) is 0 Å². The van der Waals surface area contributed by atoms with Crippen molar-refractivity contribution in [1.82, 2.24) is 24.2 Å². The van der Waals surface area contributed by atoms with Crippen molar-refractivity contribution in [1.29, 1.82) is 0 Å². The third kappa shape index (κ3) is 7.43. The van der Waals surface area contributed by atoms with Crippen molar-refractivity contribution >= 4 is 50.6 Å². The van der Waals surface area contributed by atoms with E-state index in [0.29, 0.717) is 36.4 Å². The first-order chi connectivity index (χ1) is 18.1. The molecule has 3 N–H and O–H groups in total. The second kappa shape index (κ2) is 11.7. The van der Waals surface area contributed by atoms with Crippen LogP contribution in [0.25, 0.3) is 10.9 Å². The topological polar surface area (TPSA) is 139 Å². The number of halogens is 1. The number of aryl methyl sites for hydroxylation is 2. The molecular weight excluding hydrogens is 546 g/mol. The van der Waals surface area contributed by atoms with Crippen LogP contribution in [0.2, 0.25) is 5.02 Å². The van der Waals surface area contributed by atoms with Gasteiger partial charge in [0.1, 0.15) is 11.3 Å². The molecule has 13 heteroatoms. The van der Waals surface area contributed by atoms with E-state index in [4.69, 9.17) is 16.3 Å². The second-order valence-corrected chi connectivity index (χ2v) is 13.1. The Kier molecular flexibility index (Phi) is 9.24. The van der Waals surface area contributed by atoms with Crippen molar-refractivity contribution in [3.63, 3.8) is 0 Å². The molecule has 1 saturated heterocycles. The second-order valence-electron chi connectivity index (χ2n) is 11.0. The Morgan fingerprint density at radius 3 is 2.54 bits per heavy atom. The van der Waals surface area contributed by atoms with Gasteiger partial charge in [-0.1, -0.05) is 17.7 Å². The lowest BCUT2D eigenvalue weighted by molar-refractivity contribution is -0.120. The van der Waals surface area contributed by atoms with Crippen LogP contribution in [0.1, 0.15) is 68.9 Å². The van der Waals surface area contributed by atoms with E-state index in [0.717, 1.165) is 20.8 Å². The van der Waals surface area contributed by atoms with Gasteiger partial charge in [0.2, 0.25) is 5.91 Å². The summed E-state index contributed by atoms with van der Waals surface area (Å²) in [7, 11) is -0.943. The molecule has 1 atom stereocenters. The van der Waals surface area contributed by atoms with Crippen LogP contribution in [-0.2, 0) is 26.8 Å². The van der Waals surface area contributed by atoms with Crippen molar-refractivity contribution in [2.24, 2.45) is 7.05 Å². The van der Waals surface area contributed by atoms with Gasteiger partial charge in [-0.25, -0.2) is 9.52 Å². The zero-order valence-corrected chi connectivity index (χ0v) is 24.9. The number of benzene rings is 1. The molecule has 1 aliphatic rings. The van der Waals surface area contributed by atoms with E-state index >= 15 is 0 Å². The number of aromatic nitrogens is 1. The van der Waals surface area contributed by atoms with Crippen molar-refractivity contribution in [3.05, 3.63) is 34.5 Å². The number of amides is 3. The highest BCUT2D eigenvalue weighted by molar-refractivity contribution is 7.87. The molecule has 3 rings (SSSR count). The lowest BCUT2D eigenvalue weighted by atomic mass is 9.84. The largest absolute Gasteiger partial charge is 0.443 e. The molecule has 0 radical (unpaired) electrons. The van der Waals surface area contributed by atoms with E-state index in [2.05, 4.69) is 10.6 Å². The summed E-state index contributed by atoms with van der Waals surface area (Å²) in [5, 5.41) is 6.97. The van der Waals surface area contributed by atoms with Crippen LogP contribution in [-0.4, -0.2) is 66.5 Å². The van der Waals surface area contributed by atoms with Crippen LogP contribution < -0.4 is 15.4 Å². The van der Waals surface area contributed by atoms with Crippen LogP contribution in [0.4, 0.5) is 4.79 Å². The summed E-state index contributed by atoms with van der Waals surface area (Å²) in [6.45, 7) is 6.87. The van der Waals surface area contributed by atoms with Crippen molar-refractivity contribution in [2.75, 3.05) is 20.1 Å². The number of piperidine rings is 1. The highest BCUT2D eigenvalue weighted by Gasteiger charge is 2.42. The molecule has 2 aromatic rings. The van der Waals surface area contributed by atoms with E-state index in [-0.39, 0.29) is 31.3 Å². The summed E-state index contributed by atoms with van der Waals surface area (Å²) in [6.07, 6.45) is 0.858. The van der Waals surface area contributed by atoms with Crippen LogP contribution >= 0.6 is 11.6 Å². The first kappa shape index (κ1) is 30.7. The average molecular weight is 584 g/mol. The van der Waals surface area contributed by atoms with Gasteiger partial charge in [0.25, 0.3) is 5.91 Å². The molecule has 1 unspecified atom stereocenters. The Morgan fingerprint density at radius 2 is 1.90 bits per heavy atom. The Bertz CT molecular complexity index is 1370. The maximum Gasteiger partial charge on any atom is 0.422 e. The van der Waals surface area contributed by atoms with Gasteiger partial charge in [0.15, 0.2) is 0 Å². The normalized spacial score (nSPS) is 18.5. The number of nitrogens with one attached hydrogen (secondary N) is 3. The number of carbonyl (C=O) groups excluding carboxylic acids is 3. The van der Waals surface area contributed by atoms with E-state index in [1.165, 1.54) is 0 Å². The predicted octanol–water partition coefficient (Wildman–Crippen LogP) is 3.39. The molecule has 1 aliphatic heterocycles. The van der Waals surface area contributed by atoms with Gasteiger partial charge in [0, 0.05) is 44.5 Å². The predicted molar refractivity (Wildman–Crippen MR) is 150 cm³/mol. The van der Waals surface area contributed by atoms with Crippen LogP contribution in [0.5, 0.6) is 0 Å². The van der Waals surface area contributed by atoms with Gasteiger partial charge >= 0.3 is 16.3 Å². The number of carbonyl (C=O) groups is 3. The summed E-state index contributed by atoms with van der Waals surface area (Å²) in [5.41, 5.74) is 0.202. The van der Waals surface area contributed by atoms with E-state index in [1.807, 2.05) is 23.8 Å². The van der Waals surface area contributed by atoms with Gasteiger partial charge in [-0.05, 0) is 71.1 Å². The number of ether oxygens (including phenoxy) is 1. The molecular formula is C26H38ClN5O6S. The number of hydrogen-bond acceptors (Lipinski definition) is 6. The van der Waals surface area contributed by atoms with Crippen LogP contribution in [0, 0.1) is 6.92 Å². The van der Waals surface area contributed by atoms with E-state index < -0.39 is 27.4 Å². The molecule has 3 amide bonds. The summed E-state index contributed by atoms with van der Waals surface area (Å²) >= 11 is 6.50. The van der Waals surface area contributed by atoms with Crippen molar-refractivity contribution < 1.29 is 27.5 Å². The maximum atomic E-state index is 13.6. The molecule has 0 aliphatic carbocycles. The molecule has 0 bridgehead atoms. The highest BCUT2D eigenvalue weighted by atomic mass is 35.5. The Hall–Kier alpha value is -2.83. The van der Waals surface area contributed by atoms with Gasteiger partial charge in [-0.3, -0.25) is 9.59 Å². The number of fused-ring (bicyclic) bond motifs is 1.